The third kappa shape index (κ3) is 3.97. The maximum absolute atomic E-state index is 6.01. The summed E-state index contributed by atoms with van der Waals surface area (Å²) in [5.41, 5.74) is 8.39. The van der Waals surface area contributed by atoms with Gasteiger partial charge in [0, 0.05) is 24.9 Å². The fraction of sp³-hybridized carbons (Fsp3) is 0.562. The van der Waals surface area contributed by atoms with Gasteiger partial charge in [0.15, 0.2) is 5.96 Å². The molecule has 0 aromatic heterocycles. The summed E-state index contributed by atoms with van der Waals surface area (Å²) in [6, 6.07) is 7.99. The summed E-state index contributed by atoms with van der Waals surface area (Å²) in [6.07, 6.45) is 5.14. The second kappa shape index (κ2) is 6.75. The number of aliphatic imine (C=N–C) groups is 1. The van der Waals surface area contributed by atoms with E-state index in [4.69, 9.17) is 10.5 Å². The van der Waals surface area contributed by atoms with Crippen LogP contribution in [-0.2, 0) is 11.3 Å². The summed E-state index contributed by atoms with van der Waals surface area (Å²) in [7, 11) is 1.69. The second-order valence-corrected chi connectivity index (χ2v) is 5.93. The van der Waals surface area contributed by atoms with E-state index in [-0.39, 0.29) is 0 Å². The molecule has 1 aromatic carbocycles. The molecule has 0 unspecified atom stereocenters. The molecule has 1 saturated carbocycles. The van der Waals surface area contributed by atoms with E-state index in [1.807, 2.05) is 24.3 Å². The molecule has 0 atom stereocenters. The number of methoxy groups -OCH3 is 1. The number of hydrogen-bond acceptors (Lipinski definition) is 2. The van der Waals surface area contributed by atoms with Gasteiger partial charge in [0.1, 0.15) is 0 Å². The van der Waals surface area contributed by atoms with Crippen LogP contribution >= 0.6 is 0 Å². The number of nitrogens with zero attached hydrogens (tertiary/aromatic N) is 1. The maximum atomic E-state index is 6.01. The van der Waals surface area contributed by atoms with Gasteiger partial charge >= 0.3 is 0 Å². The SMILES string of the molecule is COCc1ccccc1NC(N)=NCC1(C)CCCC1. The topological polar surface area (TPSA) is 59.6 Å². The molecule has 4 heteroatoms. The lowest BCUT2D eigenvalue weighted by Crippen LogP contribution is -2.26. The van der Waals surface area contributed by atoms with Crippen LogP contribution < -0.4 is 11.1 Å². The lowest BCUT2D eigenvalue weighted by Gasteiger charge is -2.21. The van der Waals surface area contributed by atoms with Crippen LogP contribution in [0.25, 0.3) is 0 Å². The zero-order valence-corrected chi connectivity index (χ0v) is 12.5. The summed E-state index contributed by atoms with van der Waals surface area (Å²) >= 11 is 0. The molecule has 0 radical (unpaired) electrons. The standard InChI is InChI=1S/C16H25N3O/c1-16(9-5-6-10-16)12-18-15(17)19-14-8-4-3-7-13(14)11-20-2/h3-4,7-8H,5-6,9-12H2,1-2H3,(H3,17,18,19). The Kier molecular flexibility index (Phi) is 5.01. The molecule has 1 aromatic rings. The average molecular weight is 275 g/mol. The number of anilines is 1. The minimum absolute atomic E-state index is 0.332. The number of nitrogens with two attached hydrogens (primary N) is 1. The van der Waals surface area contributed by atoms with Gasteiger partial charge in [-0.3, -0.25) is 4.99 Å². The molecule has 0 aliphatic heterocycles. The van der Waals surface area contributed by atoms with Crippen molar-refractivity contribution >= 4 is 11.6 Å². The Balaban J connectivity index is 1.98. The molecule has 0 bridgehead atoms. The molecule has 20 heavy (non-hydrogen) atoms. The molecule has 1 aliphatic rings. The lowest BCUT2D eigenvalue weighted by atomic mass is 9.89. The van der Waals surface area contributed by atoms with Crippen molar-refractivity contribution in [1.82, 2.24) is 0 Å². The molecule has 4 nitrogen and oxygen atoms in total. The fourth-order valence-electron chi connectivity index (χ4n) is 2.76. The van der Waals surface area contributed by atoms with E-state index in [9.17, 15) is 0 Å². The zero-order valence-electron chi connectivity index (χ0n) is 12.5. The molecular weight excluding hydrogens is 250 g/mol. The van der Waals surface area contributed by atoms with Crippen molar-refractivity contribution < 1.29 is 4.74 Å². The van der Waals surface area contributed by atoms with Gasteiger partial charge in [-0.2, -0.15) is 0 Å². The summed E-state index contributed by atoms with van der Waals surface area (Å²) in [6.45, 7) is 3.67. The van der Waals surface area contributed by atoms with E-state index in [2.05, 4.69) is 17.2 Å². The van der Waals surface area contributed by atoms with E-state index in [1.165, 1.54) is 25.7 Å². The minimum Gasteiger partial charge on any atom is -0.380 e. The van der Waals surface area contributed by atoms with E-state index < -0.39 is 0 Å². The largest absolute Gasteiger partial charge is 0.380 e. The van der Waals surface area contributed by atoms with Crippen molar-refractivity contribution in [3.8, 4) is 0 Å². The average Bonchev–Trinajstić information content (AvgIpc) is 2.87. The Labute approximate surface area is 121 Å². The van der Waals surface area contributed by atoms with Crippen LogP contribution in [0.5, 0.6) is 0 Å². The predicted octanol–water partition coefficient (Wildman–Crippen LogP) is 3.14. The molecule has 2 rings (SSSR count). The summed E-state index contributed by atoms with van der Waals surface area (Å²) < 4.78 is 5.19. The summed E-state index contributed by atoms with van der Waals surface area (Å²) in [4.78, 5) is 4.52. The van der Waals surface area contributed by atoms with Crippen LogP contribution in [0, 0.1) is 5.41 Å². The zero-order chi connectivity index (χ0) is 14.4. The molecular formula is C16H25N3O. The number of para-hydroxylation sites is 1. The molecule has 0 amide bonds. The normalized spacial score (nSPS) is 18.2. The van der Waals surface area contributed by atoms with Gasteiger partial charge in [-0.1, -0.05) is 38.0 Å². The number of nitrogens with one attached hydrogen (secondary N) is 1. The Morgan fingerprint density at radius 1 is 1.35 bits per heavy atom. The highest BCUT2D eigenvalue weighted by Gasteiger charge is 2.28. The van der Waals surface area contributed by atoms with E-state index >= 15 is 0 Å². The quantitative estimate of drug-likeness (QED) is 0.641. The first kappa shape index (κ1) is 14.9. The van der Waals surface area contributed by atoms with Crippen LogP contribution in [0.3, 0.4) is 0 Å². The molecule has 0 heterocycles. The number of guanidine groups is 1. The lowest BCUT2D eigenvalue weighted by molar-refractivity contribution is 0.185. The van der Waals surface area contributed by atoms with Crippen LogP contribution in [0.2, 0.25) is 0 Å². The maximum Gasteiger partial charge on any atom is 0.193 e. The predicted molar refractivity (Wildman–Crippen MR) is 83.8 cm³/mol. The first-order valence-electron chi connectivity index (χ1n) is 7.27. The van der Waals surface area contributed by atoms with Gasteiger partial charge in [-0.05, 0) is 24.3 Å². The monoisotopic (exact) mass is 275 g/mol. The molecule has 0 spiro atoms. The minimum atomic E-state index is 0.332. The first-order chi connectivity index (χ1) is 9.63. The summed E-state index contributed by atoms with van der Waals surface area (Å²) in [5.74, 6) is 0.488. The molecule has 1 fully saturated rings. The number of ether oxygens (including phenoxy) is 1. The van der Waals surface area contributed by atoms with Gasteiger partial charge in [0.05, 0.1) is 6.61 Å². The van der Waals surface area contributed by atoms with Crippen LogP contribution in [0.15, 0.2) is 29.3 Å². The van der Waals surface area contributed by atoms with Gasteiger partial charge < -0.3 is 15.8 Å². The van der Waals surface area contributed by atoms with Crippen molar-refractivity contribution in [3.63, 3.8) is 0 Å². The Hall–Kier alpha value is -1.55. The molecule has 1 aliphatic carbocycles. The Bertz CT molecular complexity index is 465. The van der Waals surface area contributed by atoms with E-state index in [1.54, 1.807) is 7.11 Å². The highest BCUT2D eigenvalue weighted by Crippen LogP contribution is 2.37. The third-order valence-corrected chi connectivity index (χ3v) is 4.02. The number of benzene rings is 1. The Morgan fingerprint density at radius 3 is 2.75 bits per heavy atom. The smallest absolute Gasteiger partial charge is 0.193 e. The first-order valence-corrected chi connectivity index (χ1v) is 7.27. The number of rotatable bonds is 5. The van der Waals surface area contributed by atoms with Crippen LogP contribution in [0.1, 0.15) is 38.2 Å². The van der Waals surface area contributed by atoms with Gasteiger partial charge in [0.2, 0.25) is 0 Å². The van der Waals surface area contributed by atoms with E-state index in [0.717, 1.165) is 17.8 Å². The van der Waals surface area contributed by atoms with Crippen molar-refractivity contribution in [2.45, 2.75) is 39.2 Å². The van der Waals surface area contributed by atoms with Crippen molar-refractivity contribution in [2.24, 2.45) is 16.1 Å². The molecule has 0 saturated heterocycles. The number of hydrogen-bond donors (Lipinski definition) is 2. The molecule has 3 N–H and O–H groups in total. The Morgan fingerprint density at radius 2 is 2.05 bits per heavy atom. The fourth-order valence-corrected chi connectivity index (χ4v) is 2.76. The van der Waals surface area contributed by atoms with Crippen molar-refractivity contribution in [2.75, 3.05) is 19.0 Å². The third-order valence-electron chi connectivity index (χ3n) is 4.02. The molecule has 110 valence electrons. The van der Waals surface area contributed by atoms with Crippen molar-refractivity contribution in [1.29, 1.82) is 0 Å². The second-order valence-electron chi connectivity index (χ2n) is 5.93. The highest BCUT2D eigenvalue weighted by molar-refractivity contribution is 5.92. The van der Waals surface area contributed by atoms with E-state index in [0.29, 0.717) is 18.0 Å². The van der Waals surface area contributed by atoms with Gasteiger partial charge in [0.25, 0.3) is 0 Å². The van der Waals surface area contributed by atoms with Crippen molar-refractivity contribution in [3.05, 3.63) is 29.8 Å². The van der Waals surface area contributed by atoms with Gasteiger partial charge in [-0.25, -0.2) is 0 Å². The van der Waals surface area contributed by atoms with Crippen LogP contribution in [0.4, 0.5) is 5.69 Å². The van der Waals surface area contributed by atoms with Gasteiger partial charge in [-0.15, -0.1) is 0 Å². The van der Waals surface area contributed by atoms with Crippen LogP contribution in [-0.4, -0.2) is 19.6 Å². The summed E-state index contributed by atoms with van der Waals surface area (Å²) in [5, 5.41) is 3.18. The highest BCUT2D eigenvalue weighted by atomic mass is 16.5.